The van der Waals surface area contributed by atoms with Gasteiger partial charge in [-0.1, -0.05) is 41.4 Å². The fourth-order valence-electron chi connectivity index (χ4n) is 2.31. The lowest BCUT2D eigenvalue weighted by atomic mass is 10.1. The molecule has 0 unspecified atom stereocenters. The van der Waals surface area contributed by atoms with Gasteiger partial charge in [-0.25, -0.2) is 0 Å². The smallest absolute Gasteiger partial charge is 0.186 e. The highest BCUT2D eigenvalue weighted by Gasteiger charge is 2.10. The molecule has 126 valence electrons. The average molecular weight is 373 g/mol. The van der Waals surface area contributed by atoms with Crippen LogP contribution < -0.4 is 4.74 Å². The van der Waals surface area contributed by atoms with Gasteiger partial charge in [0.05, 0.1) is 17.2 Å². The predicted molar refractivity (Wildman–Crippen MR) is 101 cm³/mol. The van der Waals surface area contributed by atoms with Crippen LogP contribution in [0.15, 0.2) is 65.1 Å². The summed E-state index contributed by atoms with van der Waals surface area (Å²) in [5.41, 5.74) is 1.24. The van der Waals surface area contributed by atoms with Gasteiger partial charge in [-0.3, -0.25) is 4.79 Å². The lowest BCUT2D eigenvalue weighted by Crippen LogP contribution is -1.94. The van der Waals surface area contributed by atoms with Crippen LogP contribution in [0.2, 0.25) is 10.0 Å². The summed E-state index contributed by atoms with van der Waals surface area (Å²) in [6, 6.07) is 15.9. The molecule has 0 saturated heterocycles. The molecule has 3 rings (SSSR count). The second-order valence-corrected chi connectivity index (χ2v) is 6.02. The van der Waals surface area contributed by atoms with E-state index >= 15 is 0 Å². The topological polar surface area (TPSA) is 39.4 Å². The zero-order chi connectivity index (χ0) is 17.8. The van der Waals surface area contributed by atoms with Gasteiger partial charge in [0.25, 0.3) is 0 Å². The third kappa shape index (κ3) is 3.95. The number of hydrogen-bond donors (Lipinski definition) is 0. The Morgan fingerprint density at radius 3 is 2.68 bits per heavy atom. The maximum Gasteiger partial charge on any atom is 0.186 e. The molecule has 0 N–H and O–H groups in total. The van der Waals surface area contributed by atoms with Gasteiger partial charge in [-0.05, 0) is 48.6 Å². The van der Waals surface area contributed by atoms with Gasteiger partial charge in [-0.2, -0.15) is 0 Å². The van der Waals surface area contributed by atoms with E-state index in [9.17, 15) is 4.79 Å². The molecule has 1 heterocycles. The van der Waals surface area contributed by atoms with E-state index in [0.717, 1.165) is 0 Å². The summed E-state index contributed by atoms with van der Waals surface area (Å²) in [5.74, 6) is 1.62. The molecular formula is C20H14Cl2O3. The molecule has 5 heteroatoms. The number of hydrogen-bond acceptors (Lipinski definition) is 3. The molecule has 0 atom stereocenters. The number of ether oxygens (including phenoxy) is 1. The fraction of sp³-hybridized carbons (Fsp3) is 0.0500. The van der Waals surface area contributed by atoms with Gasteiger partial charge in [0.2, 0.25) is 0 Å². The highest BCUT2D eigenvalue weighted by Crippen LogP contribution is 2.34. The number of carbonyl (C=O) groups is 1. The molecule has 3 nitrogen and oxygen atoms in total. The third-order valence-electron chi connectivity index (χ3n) is 3.60. The fourth-order valence-corrected chi connectivity index (χ4v) is 2.71. The average Bonchev–Trinajstić information content (AvgIpc) is 3.10. The van der Waals surface area contributed by atoms with Crippen LogP contribution in [0.5, 0.6) is 5.75 Å². The van der Waals surface area contributed by atoms with Crippen molar-refractivity contribution in [2.24, 2.45) is 0 Å². The summed E-state index contributed by atoms with van der Waals surface area (Å²) in [6.45, 7) is 0. The molecule has 0 bridgehead atoms. The first-order chi connectivity index (χ1) is 12.1. The van der Waals surface area contributed by atoms with Crippen LogP contribution in [0.4, 0.5) is 0 Å². The van der Waals surface area contributed by atoms with Crippen molar-refractivity contribution >= 4 is 35.1 Å². The van der Waals surface area contributed by atoms with Crippen molar-refractivity contribution in [3.05, 3.63) is 82.0 Å². The van der Waals surface area contributed by atoms with Crippen LogP contribution in [0.25, 0.3) is 17.4 Å². The van der Waals surface area contributed by atoms with Crippen LogP contribution in [0, 0.1) is 0 Å². The molecule has 0 aliphatic rings. The van der Waals surface area contributed by atoms with Crippen molar-refractivity contribution in [3.8, 4) is 17.1 Å². The number of carbonyl (C=O) groups excluding carboxylic acids is 1. The minimum Gasteiger partial charge on any atom is -0.497 e. The lowest BCUT2D eigenvalue weighted by molar-refractivity contribution is 0.104. The van der Waals surface area contributed by atoms with Crippen molar-refractivity contribution in [2.75, 3.05) is 7.11 Å². The summed E-state index contributed by atoms with van der Waals surface area (Å²) >= 11 is 12.2. The number of rotatable bonds is 5. The molecule has 0 aliphatic carbocycles. The van der Waals surface area contributed by atoms with Gasteiger partial charge in [0.15, 0.2) is 5.78 Å². The van der Waals surface area contributed by atoms with Crippen LogP contribution in [-0.2, 0) is 0 Å². The van der Waals surface area contributed by atoms with Crippen molar-refractivity contribution < 1.29 is 13.9 Å². The van der Waals surface area contributed by atoms with Gasteiger partial charge < -0.3 is 9.15 Å². The minimum atomic E-state index is -0.141. The quantitative estimate of drug-likeness (QED) is 0.397. The molecule has 3 aromatic rings. The van der Waals surface area contributed by atoms with E-state index in [-0.39, 0.29) is 5.78 Å². The number of benzene rings is 2. The largest absolute Gasteiger partial charge is 0.497 e. The highest BCUT2D eigenvalue weighted by molar-refractivity contribution is 6.43. The SMILES string of the molecule is COc1cccc(C(=O)C=Cc2ccc(-c3cccc(Cl)c3Cl)o2)c1. The number of halogens is 2. The molecule has 0 radical (unpaired) electrons. The van der Waals surface area contributed by atoms with Crippen LogP contribution in [0.3, 0.4) is 0 Å². The molecule has 25 heavy (non-hydrogen) atoms. The van der Waals surface area contributed by atoms with E-state index < -0.39 is 0 Å². The Labute approximate surface area is 155 Å². The van der Waals surface area contributed by atoms with E-state index in [4.69, 9.17) is 32.4 Å². The van der Waals surface area contributed by atoms with E-state index in [1.807, 2.05) is 6.07 Å². The van der Waals surface area contributed by atoms with Gasteiger partial charge in [0, 0.05) is 11.1 Å². The number of ketones is 1. The van der Waals surface area contributed by atoms with Crippen molar-refractivity contribution in [3.63, 3.8) is 0 Å². The molecule has 0 fully saturated rings. The first-order valence-electron chi connectivity index (χ1n) is 7.49. The van der Waals surface area contributed by atoms with Gasteiger partial charge in [-0.15, -0.1) is 0 Å². The highest BCUT2D eigenvalue weighted by atomic mass is 35.5. The van der Waals surface area contributed by atoms with Crippen molar-refractivity contribution in [1.29, 1.82) is 0 Å². The van der Waals surface area contributed by atoms with Gasteiger partial charge >= 0.3 is 0 Å². The summed E-state index contributed by atoms with van der Waals surface area (Å²) in [5, 5.41) is 0.891. The molecule has 0 aliphatic heterocycles. The first kappa shape index (κ1) is 17.3. The molecule has 0 spiro atoms. The van der Waals surface area contributed by atoms with Crippen LogP contribution in [-0.4, -0.2) is 12.9 Å². The Kier molecular flexibility index (Phi) is 5.27. The molecule has 0 amide bonds. The monoisotopic (exact) mass is 372 g/mol. The number of allylic oxidation sites excluding steroid dienone is 1. The second-order valence-electron chi connectivity index (χ2n) is 5.23. The van der Waals surface area contributed by atoms with E-state index in [1.165, 1.54) is 6.08 Å². The van der Waals surface area contributed by atoms with Crippen molar-refractivity contribution in [2.45, 2.75) is 0 Å². The van der Waals surface area contributed by atoms with Crippen LogP contribution in [0.1, 0.15) is 16.1 Å². The second kappa shape index (κ2) is 7.60. The Bertz CT molecular complexity index is 942. The van der Waals surface area contributed by atoms with Crippen LogP contribution >= 0.6 is 23.2 Å². The Morgan fingerprint density at radius 1 is 1.08 bits per heavy atom. The van der Waals surface area contributed by atoms with E-state index in [0.29, 0.717) is 38.4 Å². The van der Waals surface area contributed by atoms with E-state index in [1.54, 1.807) is 61.7 Å². The number of furan rings is 1. The Balaban J connectivity index is 1.80. The first-order valence-corrected chi connectivity index (χ1v) is 8.25. The maximum atomic E-state index is 12.2. The number of methoxy groups -OCH3 is 1. The normalized spacial score (nSPS) is 11.0. The summed E-state index contributed by atoms with van der Waals surface area (Å²) in [4.78, 5) is 12.2. The summed E-state index contributed by atoms with van der Waals surface area (Å²) in [6.07, 6.45) is 3.07. The maximum absolute atomic E-state index is 12.2. The third-order valence-corrected chi connectivity index (χ3v) is 4.42. The van der Waals surface area contributed by atoms with E-state index in [2.05, 4.69) is 0 Å². The zero-order valence-corrected chi connectivity index (χ0v) is 14.8. The molecular weight excluding hydrogens is 359 g/mol. The van der Waals surface area contributed by atoms with Gasteiger partial charge in [0.1, 0.15) is 17.3 Å². The standard InChI is InChI=1S/C20H14Cl2O3/c1-24-15-5-2-4-13(12-15)18(23)10-8-14-9-11-19(25-14)16-6-3-7-17(21)20(16)22/h2-12H,1H3. The lowest BCUT2D eigenvalue weighted by Gasteiger charge is -2.02. The Hall–Kier alpha value is -2.49. The molecule has 2 aromatic carbocycles. The summed E-state index contributed by atoms with van der Waals surface area (Å²) < 4.78 is 10.9. The van der Waals surface area contributed by atoms with Crippen molar-refractivity contribution in [1.82, 2.24) is 0 Å². The Morgan fingerprint density at radius 2 is 1.88 bits per heavy atom. The minimum absolute atomic E-state index is 0.141. The summed E-state index contributed by atoms with van der Waals surface area (Å²) in [7, 11) is 1.56. The molecule has 0 saturated carbocycles. The predicted octanol–water partition coefficient (Wildman–Crippen LogP) is 6.16. The zero-order valence-electron chi connectivity index (χ0n) is 13.3. The molecule has 1 aromatic heterocycles.